The van der Waals surface area contributed by atoms with Gasteiger partial charge in [0.25, 0.3) is 0 Å². The minimum absolute atomic E-state index is 0.126. The van der Waals surface area contributed by atoms with Gasteiger partial charge in [0.1, 0.15) is 17.1 Å². The average molecular weight is 305 g/mol. The van der Waals surface area contributed by atoms with Crippen LogP contribution >= 0.6 is 0 Å². The van der Waals surface area contributed by atoms with Crippen molar-refractivity contribution in [3.05, 3.63) is 23.8 Å². The van der Waals surface area contributed by atoms with Crippen LogP contribution in [0.1, 0.15) is 31.7 Å². The smallest absolute Gasteiger partial charge is 0.317 e. The summed E-state index contributed by atoms with van der Waals surface area (Å²) >= 11 is 0. The number of hydrogen-bond acceptors (Lipinski definition) is 4. The van der Waals surface area contributed by atoms with Crippen molar-refractivity contribution in [2.75, 3.05) is 26.2 Å². The standard InChI is InChI=1S/C17H23NO4/c1-2-21-14-4-3-13-5-6-17(22-15(13)11-14)7-9-18(10-8-17)12-16(19)20/h3-4,11H,2,5-10,12H2,1H3,(H,19,20). The lowest BCUT2D eigenvalue weighted by Crippen LogP contribution is -2.50. The third-order valence-corrected chi connectivity index (χ3v) is 4.65. The van der Waals surface area contributed by atoms with E-state index in [2.05, 4.69) is 6.07 Å². The Labute approximate surface area is 130 Å². The second-order valence-electron chi connectivity index (χ2n) is 6.16. The SMILES string of the molecule is CCOc1ccc2c(c1)OC1(CC2)CCN(CC(=O)O)CC1. The number of aryl methyl sites for hydroxylation is 1. The molecule has 1 aromatic carbocycles. The summed E-state index contributed by atoms with van der Waals surface area (Å²) in [5, 5.41) is 8.89. The van der Waals surface area contributed by atoms with Gasteiger partial charge in [0.05, 0.1) is 13.2 Å². The molecule has 22 heavy (non-hydrogen) atoms. The third kappa shape index (κ3) is 3.19. The van der Waals surface area contributed by atoms with Gasteiger partial charge in [-0.1, -0.05) is 6.07 Å². The van der Waals surface area contributed by atoms with Crippen LogP contribution in [0.5, 0.6) is 11.5 Å². The first kappa shape index (κ1) is 15.2. The number of fused-ring (bicyclic) bond motifs is 1. The maximum absolute atomic E-state index is 10.8. The van der Waals surface area contributed by atoms with E-state index in [0.717, 1.165) is 50.3 Å². The van der Waals surface area contributed by atoms with Gasteiger partial charge in [0.2, 0.25) is 0 Å². The summed E-state index contributed by atoms with van der Waals surface area (Å²) < 4.78 is 11.9. The zero-order chi connectivity index (χ0) is 15.6. The van der Waals surface area contributed by atoms with Crippen molar-refractivity contribution in [2.24, 2.45) is 0 Å². The predicted octanol–water partition coefficient (Wildman–Crippen LogP) is 2.33. The van der Waals surface area contributed by atoms with Gasteiger partial charge in [0, 0.05) is 19.2 Å². The average Bonchev–Trinajstić information content (AvgIpc) is 2.49. The first-order valence-corrected chi connectivity index (χ1v) is 7.99. The molecule has 1 saturated heterocycles. The van der Waals surface area contributed by atoms with E-state index in [-0.39, 0.29) is 12.1 Å². The molecule has 2 heterocycles. The molecule has 0 unspecified atom stereocenters. The van der Waals surface area contributed by atoms with E-state index in [1.165, 1.54) is 5.56 Å². The highest BCUT2D eigenvalue weighted by Crippen LogP contribution is 2.40. The largest absolute Gasteiger partial charge is 0.494 e. The minimum Gasteiger partial charge on any atom is -0.494 e. The summed E-state index contributed by atoms with van der Waals surface area (Å²) in [5.41, 5.74) is 1.11. The van der Waals surface area contributed by atoms with Crippen LogP contribution in [-0.4, -0.2) is 47.8 Å². The van der Waals surface area contributed by atoms with Crippen LogP contribution < -0.4 is 9.47 Å². The van der Waals surface area contributed by atoms with Gasteiger partial charge in [0.15, 0.2) is 0 Å². The first-order valence-electron chi connectivity index (χ1n) is 7.99. The molecule has 3 rings (SSSR count). The van der Waals surface area contributed by atoms with Crippen molar-refractivity contribution in [2.45, 2.75) is 38.2 Å². The predicted molar refractivity (Wildman–Crippen MR) is 82.6 cm³/mol. The van der Waals surface area contributed by atoms with E-state index in [0.29, 0.717) is 6.61 Å². The Morgan fingerprint density at radius 1 is 1.36 bits per heavy atom. The molecular formula is C17H23NO4. The van der Waals surface area contributed by atoms with E-state index in [4.69, 9.17) is 14.6 Å². The molecule has 0 atom stereocenters. The van der Waals surface area contributed by atoms with Gasteiger partial charge in [-0.05, 0) is 44.2 Å². The molecule has 1 spiro atoms. The zero-order valence-corrected chi connectivity index (χ0v) is 13.0. The number of likely N-dealkylation sites (tertiary alicyclic amines) is 1. The lowest BCUT2D eigenvalue weighted by molar-refractivity contribution is -0.139. The number of rotatable bonds is 4. The highest BCUT2D eigenvalue weighted by atomic mass is 16.5. The van der Waals surface area contributed by atoms with Crippen LogP contribution in [-0.2, 0) is 11.2 Å². The molecule has 1 fully saturated rings. The monoisotopic (exact) mass is 305 g/mol. The van der Waals surface area contributed by atoms with Gasteiger partial charge in [-0.25, -0.2) is 0 Å². The lowest BCUT2D eigenvalue weighted by atomic mass is 9.83. The van der Waals surface area contributed by atoms with Gasteiger partial charge in [-0.3, -0.25) is 9.69 Å². The Balaban J connectivity index is 1.68. The number of piperidine rings is 1. The van der Waals surface area contributed by atoms with Crippen molar-refractivity contribution in [3.8, 4) is 11.5 Å². The number of hydrogen-bond donors (Lipinski definition) is 1. The normalized spacial score (nSPS) is 20.2. The van der Waals surface area contributed by atoms with E-state index in [9.17, 15) is 4.79 Å². The molecular weight excluding hydrogens is 282 g/mol. The number of carboxylic acids is 1. The first-order chi connectivity index (χ1) is 10.6. The molecule has 5 heteroatoms. The molecule has 0 saturated carbocycles. The van der Waals surface area contributed by atoms with Crippen LogP contribution in [0.25, 0.3) is 0 Å². The molecule has 1 aromatic rings. The molecule has 0 amide bonds. The molecule has 0 bridgehead atoms. The topological polar surface area (TPSA) is 59.0 Å². The second-order valence-corrected chi connectivity index (χ2v) is 6.16. The second kappa shape index (κ2) is 6.16. The molecule has 0 radical (unpaired) electrons. The summed E-state index contributed by atoms with van der Waals surface area (Å²) in [6.45, 7) is 4.31. The summed E-state index contributed by atoms with van der Waals surface area (Å²) in [7, 11) is 0. The van der Waals surface area contributed by atoms with E-state index >= 15 is 0 Å². The molecule has 2 aliphatic rings. The summed E-state index contributed by atoms with van der Waals surface area (Å²) in [4.78, 5) is 12.8. The Morgan fingerprint density at radius 3 is 2.82 bits per heavy atom. The fourth-order valence-electron chi connectivity index (χ4n) is 3.40. The summed E-state index contributed by atoms with van der Waals surface area (Å²) in [6, 6.07) is 6.08. The fraction of sp³-hybridized carbons (Fsp3) is 0.588. The highest BCUT2D eigenvalue weighted by molar-refractivity contribution is 5.69. The van der Waals surface area contributed by atoms with Crippen molar-refractivity contribution in [1.29, 1.82) is 0 Å². The number of nitrogens with zero attached hydrogens (tertiary/aromatic N) is 1. The van der Waals surface area contributed by atoms with Crippen LogP contribution in [0.2, 0.25) is 0 Å². The maximum atomic E-state index is 10.8. The Hall–Kier alpha value is -1.75. The number of aliphatic carboxylic acids is 1. The molecule has 2 aliphatic heterocycles. The fourth-order valence-corrected chi connectivity index (χ4v) is 3.40. The van der Waals surface area contributed by atoms with Crippen molar-refractivity contribution >= 4 is 5.97 Å². The highest BCUT2D eigenvalue weighted by Gasteiger charge is 2.39. The molecule has 1 N–H and O–H groups in total. The molecule has 5 nitrogen and oxygen atoms in total. The summed E-state index contributed by atoms with van der Waals surface area (Å²) in [6.07, 6.45) is 3.80. The summed E-state index contributed by atoms with van der Waals surface area (Å²) in [5.74, 6) is 1.03. The van der Waals surface area contributed by atoms with Gasteiger partial charge in [-0.2, -0.15) is 0 Å². The third-order valence-electron chi connectivity index (χ3n) is 4.65. The number of carboxylic acid groups (broad SMARTS) is 1. The Bertz CT molecular complexity index is 550. The Morgan fingerprint density at radius 2 is 2.14 bits per heavy atom. The Kier molecular flexibility index (Phi) is 4.25. The van der Waals surface area contributed by atoms with Gasteiger partial charge >= 0.3 is 5.97 Å². The van der Waals surface area contributed by atoms with Crippen molar-refractivity contribution in [1.82, 2.24) is 4.90 Å². The number of benzene rings is 1. The van der Waals surface area contributed by atoms with Crippen LogP contribution in [0, 0.1) is 0 Å². The van der Waals surface area contributed by atoms with Gasteiger partial charge in [-0.15, -0.1) is 0 Å². The molecule has 120 valence electrons. The molecule has 0 aliphatic carbocycles. The zero-order valence-electron chi connectivity index (χ0n) is 13.0. The van der Waals surface area contributed by atoms with Crippen LogP contribution in [0.4, 0.5) is 0 Å². The number of ether oxygens (including phenoxy) is 2. The number of carbonyl (C=O) groups is 1. The maximum Gasteiger partial charge on any atom is 0.317 e. The van der Waals surface area contributed by atoms with Crippen molar-refractivity contribution in [3.63, 3.8) is 0 Å². The molecule has 0 aromatic heterocycles. The quantitative estimate of drug-likeness (QED) is 0.925. The van der Waals surface area contributed by atoms with Crippen LogP contribution in [0.3, 0.4) is 0 Å². The van der Waals surface area contributed by atoms with E-state index in [1.807, 2.05) is 24.0 Å². The van der Waals surface area contributed by atoms with Crippen molar-refractivity contribution < 1.29 is 19.4 Å². The van der Waals surface area contributed by atoms with E-state index < -0.39 is 5.97 Å². The van der Waals surface area contributed by atoms with Gasteiger partial charge < -0.3 is 14.6 Å². The van der Waals surface area contributed by atoms with Crippen LogP contribution in [0.15, 0.2) is 18.2 Å². The lowest BCUT2D eigenvalue weighted by Gasteiger charge is -2.44. The minimum atomic E-state index is -0.757. The van der Waals surface area contributed by atoms with E-state index in [1.54, 1.807) is 0 Å².